The van der Waals surface area contributed by atoms with E-state index in [1.807, 2.05) is 0 Å². The number of ketones is 2. The van der Waals surface area contributed by atoms with Gasteiger partial charge in [0.15, 0.2) is 5.78 Å². The standard InChI is InChI=1S/C18H13Cl3FNO2/c1-23(2)9-12(18(25)11-5-3-4-6-15(11)22)17(24)10-7-13(19)16(21)14(20)8-10/h3-9H,1-2H3. The summed E-state index contributed by atoms with van der Waals surface area (Å²) >= 11 is 17.8. The number of carbonyl (C=O) groups excluding carboxylic acids is 2. The third-order valence-corrected chi connectivity index (χ3v) is 4.44. The molecule has 0 aliphatic rings. The van der Waals surface area contributed by atoms with Gasteiger partial charge in [-0.1, -0.05) is 46.9 Å². The lowest BCUT2D eigenvalue weighted by molar-refractivity contribution is 0.0958. The maximum Gasteiger partial charge on any atom is 0.201 e. The first-order valence-corrected chi connectivity index (χ1v) is 8.22. The van der Waals surface area contributed by atoms with Crippen LogP contribution in [0, 0.1) is 5.82 Å². The van der Waals surface area contributed by atoms with Gasteiger partial charge in [-0.3, -0.25) is 9.59 Å². The Hall–Kier alpha value is -1.88. The minimum Gasteiger partial charge on any atom is -0.383 e. The summed E-state index contributed by atoms with van der Waals surface area (Å²) in [5, 5.41) is 0.276. The van der Waals surface area contributed by atoms with Gasteiger partial charge in [-0.15, -0.1) is 0 Å². The Kier molecular flexibility index (Phi) is 6.22. The van der Waals surface area contributed by atoms with Crippen LogP contribution in [0.2, 0.25) is 15.1 Å². The first-order chi connectivity index (χ1) is 11.7. The average molecular weight is 401 g/mol. The number of benzene rings is 2. The van der Waals surface area contributed by atoms with Crippen LogP contribution in [0.3, 0.4) is 0 Å². The smallest absolute Gasteiger partial charge is 0.201 e. The molecule has 0 amide bonds. The Balaban J connectivity index is 2.54. The van der Waals surface area contributed by atoms with Crippen LogP contribution in [0.4, 0.5) is 4.39 Å². The lowest BCUT2D eigenvalue weighted by Crippen LogP contribution is -2.18. The molecule has 0 bridgehead atoms. The molecule has 0 heterocycles. The molecule has 2 aromatic carbocycles. The van der Waals surface area contributed by atoms with E-state index in [0.717, 1.165) is 6.07 Å². The van der Waals surface area contributed by atoms with E-state index in [4.69, 9.17) is 34.8 Å². The molecule has 0 fully saturated rings. The van der Waals surface area contributed by atoms with Gasteiger partial charge in [0.2, 0.25) is 5.78 Å². The molecule has 2 aromatic rings. The zero-order valence-corrected chi connectivity index (χ0v) is 15.6. The van der Waals surface area contributed by atoms with Crippen molar-refractivity contribution in [3.63, 3.8) is 0 Å². The van der Waals surface area contributed by atoms with E-state index >= 15 is 0 Å². The first kappa shape index (κ1) is 19.4. The summed E-state index contributed by atoms with van der Waals surface area (Å²) in [6.07, 6.45) is 1.33. The van der Waals surface area contributed by atoms with E-state index in [0.29, 0.717) is 0 Å². The van der Waals surface area contributed by atoms with E-state index in [1.54, 1.807) is 14.1 Å². The highest BCUT2D eigenvalue weighted by Gasteiger charge is 2.25. The van der Waals surface area contributed by atoms with Crippen LogP contribution >= 0.6 is 34.8 Å². The van der Waals surface area contributed by atoms with Crippen molar-refractivity contribution in [2.24, 2.45) is 0 Å². The number of rotatable bonds is 5. The van der Waals surface area contributed by atoms with Crippen LogP contribution in [-0.2, 0) is 0 Å². The van der Waals surface area contributed by atoms with Crippen molar-refractivity contribution in [3.8, 4) is 0 Å². The summed E-state index contributed by atoms with van der Waals surface area (Å²) in [6, 6.07) is 8.08. The van der Waals surface area contributed by atoms with E-state index in [2.05, 4.69) is 0 Å². The van der Waals surface area contributed by atoms with E-state index in [1.165, 1.54) is 41.4 Å². The summed E-state index contributed by atoms with van der Waals surface area (Å²) in [6.45, 7) is 0. The molecule has 0 saturated carbocycles. The number of nitrogens with zero attached hydrogens (tertiary/aromatic N) is 1. The summed E-state index contributed by atoms with van der Waals surface area (Å²) in [4.78, 5) is 27.0. The van der Waals surface area contributed by atoms with Crippen molar-refractivity contribution in [2.75, 3.05) is 14.1 Å². The summed E-state index contributed by atoms with van der Waals surface area (Å²) < 4.78 is 14.0. The van der Waals surface area contributed by atoms with Crippen molar-refractivity contribution >= 4 is 46.4 Å². The van der Waals surface area contributed by atoms with E-state index in [-0.39, 0.29) is 31.8 Å². The van der Waals surface area contributed by atoms with Crippen molar-refractivity contribution < 1.29 is 14.0 Å². The summed E-state index contributed by atoms with van der Waals surface area (Å²) in [5.74, 6) is -2.08. The molecule has 2 rings (SSSR count). The lowest BCUT2D eigenvalue weighted by Gasteiger charge is -2.12. The normalized spacial score (nSPS) is 11.4. The topological polar surface area (TPSA) is 37.4 Å². The molecule has 0 aliphatic carbocycles. The Labute approximate surface area is 159 Å². The van der Waals surface area contributed by atoms with Gasteiger partial charge in [-0.05, 0) is 24.3 Å². The van der Waals surface area contributed by atoms with Crippen molar-refractivity contribution in [1.29, 1.82) is 0 Å². The van der Waals surface area contributed by atoms with Crippen LogP contribution in [0.5, 0.6) is 0 Å². The molecule has 0 aromatic heterocycles. The van der Waals surface area contributed by atoms with Crippen LogP contribution < -0.4 is 0 Å². The maximum absolute atomic E-state index is 14.0. The minimum atomic E-state index is -0.737. The zero-order chi connectivity index (χ0) is 18.7. The van der Waals surface area contributed by atoms with Crippen LogP contribution in [0.15, 0.2) is 48.2 Å². The van der Waals surface area contributed by atoms with Gasteiger partial charge >= 0.3 is 0 Å². The van der Waals surface area contributed by atoms with Crippen molar-refractivity contribution in [1.82, 2.24) is 4.90 Å². The predicted octanol–water partition coefficient (Wildman–Crippen LogP) is 5.30. The molecule has 0 atom stereocenters. The number of halogens is 4. The Morgan fingerprint density at radius 3 is 2.08 bits per heavy atom. The summed E-state index contributed by atoms with van der Waals surface area (Å²) in [7, 11) is 3.29. The van der Waals surface area contributed by atoms with E-state index in [9.17, 15) is 14.0 Å². The largest absolute Gasteiger partial charge is 0.383 e. The minimum absolute atomic E-state index is 0.0807. The second-order valence-electron chi connectivity index (χ2n) is 5.40. The van der Waals surface area contributed by atoms with Crippen LogP contribution in [0.1, 0.15) is 20.7 Å². The third kappa shape index (κ3) is 4.40. The molecular formula is C18H13Cl3FNO2. The molecule has 130 valence electrons. The Morgan fingerprint density at radius 2 is 1.56 bits per heavy atom. The number of allylic oxidation sites excluding steroid dienone is 1. The van der Waals surface area contributed by atoms with Gasteiger partial charge in [-0.2, -0.15) is 0 Å². The number of Topliss-reactive ketones (excluding diaryl/α,β-unsaturated/α-hetero) is 2. The highest BCUT2D eigenvalue weighted by atomic mass is 35.5. The average Bonchev–Trinajstić information content (AvgIpc) is 2.56. The monoisotopic (exact) mass is 399 g/mol. The number of carbonyl (C=O) groups is 2. The van der Waals surface area contributed by atoms with Gasteiger partial charge in [0.1, 0.15) is 5.82 Å². The molecule has 0 unspecified atom stereocenters. The molecule has 0 saturated heterocycles. The molecule has 7 heteroatoms. The van der Waals surface area contributed by atoms with Gasteiger partial charge in [0, 0.05) is 25.9 Å². The molecule has 0 aliphatic heterocycles. The van der Waals surface area contributed by atoms with E-state index < -0.39 is 17.4 Å². The Morgan fingerprint density at radius 1 is 1.00 bits per heavy atom. The van der Waals surface area contributed by atoms with Crippen molar-refractivity contribution in [2.45, 2.75) is 0 Å². The zero-order valence-electron chi connectivity index (χ0n) is 13.3. The second-order valence-corrected chi connectivity index (χ2v) is 6.59. The summed E-state index contributed by atoms with van der Waals surface area (Å²) in [5.41, 5.74) is -0.336. The lowest BCUT2D eigenvalue weighted by atomic mass is 9.96. The highest BCUT2D eigenvalue weighted by Crippen LogP contribution is 2.32. The number of hydrogen-bond donors (Lipinski definition) is 0. The molecule has 0 spiro atoms. The fourth-order valence-corrected chi connectivity index (χ4v) is 2.71. The van der Waals surface area contributed by atoms with Gasteiger partial charge in [-0.25, -0.2) is 4.39 Å². The van der Waals surface area contributed by atoms with Gasteiger partial charge in [0.25, 0.3) is 0 Å². The van der Waals surface area contributed by atoms with Gasteiger partial charge in [0.05, 0.1) is 26.2 Å². The molecule has 0 radical (unpaired) electrons. The van der Waals surface area contributed by atoms with Crippen LogP contribution in [0.25, 0.3) is 0 Å². The maximum atomic E-state index is 14.0. The SMILES string of the molecule is CN(C)C=C(C(=O)c1cc(Cl)c(Cl)c(Cl)c1)C(=O)c1ccccc1F. The molecule has 3 nitrogen and oxygen atoms in total. The predicted molar refractivity (Wildman–Crippen MR) is 98.3 cm³/mol. The van der Waals surface area contributed by atoms with Gasteiger partial charge < -0.3 is 4.90 Å². The van der Waals surface area contributed by atoms with Crippen molar-refractivity contribution in [3.05, 3.63) is 80.2 Å². The highest BCUT2D eigenvalue weighted by molar-refractivity contribution is 6.48. The fraction of sp³-hybridized carbons (Fsp3) is 0.111. The quantitative estimate of drug-likeness (QED) is 0.225. The number of hydrogen-bond acceptors (Lipinski definition) is 3. The second kappa shape index (κ2) is 8.00. The first-order valence-electron chi connectivity index (χ1n) is 7.09. The fourth-order valence-electron chi connectivity index (χ4n) is 2.11. The molecular weight excluding hydrogens is 388 g/mol. The Bertz CT molecular complexity index is 855. The molecule has 25 heavy (non-hydrogen) atoms. The van der Waals surface area contributed by atoms with Crippen LogP contribution in [-0.4, -0.2) is 30.6 Å². The third-order valence-electron chi connectivity index (χ3n) is 3.24. The molecule has 0 N–H and O–H groups in total.